The Morgan fingerprint density at radius 3 is 2.79 bits per heavy atom. The second-order valence-electron chi connectivity index (χ2n) is 4.55. The molecule has 0 fully saturated rings. The van der Waals surface area contributed by atoms with Gasteiger partial charge in [0.05, 0.1) is 0 Å². The highest BCUT2D eigenvalue weighted by Gasteiger charge is 2.03. The number of aryl methyl sites for hydroxylation is 1. The summed E-state index contributed by atoms with van der Waals surface area (Å²) in [5.74, 6) is 3.37. The number of hydrogen-bond acceptors (Lipinski definition) is 6. The van der Waals surface area contributed by atoms with Crippen molar-refractivity contribution >= 4 is 17.5 Å². The fourth-order valence-electron chi connectivity index (χ4n) is 1.51. The Kier molecular flexibility index (Phi) is 4.35. The van der Waals surface area contributed by atoms with Crippen LogP contribution in [0, 0.1) is 12.8 Å². The first-order valence-electron chi connectivity index (χ1n) is 6.27. The van der Waals surface area contributed by atoms with Crippen LogP contribution in [-0.2, 0) is 0 Å². The Bertz CT molecular complexity index is 525. The molecule has 0 spiro atoms. The maximum Gasteiger partial charge on any atom is 0.198 e. The third kappa shape index (κ3) is 3.96. The molecule has 4 N–H and O–H groups in total. The van der Waals surface area contributed by atoms with Gasteiger partial charge in [-0.15, -0.1) is 0 Å². The van der Waals surface area contributed by atoms with E-state index in [-0.39, 0.29) is 0 Å². The van der Waals surface area contributed by atoms with Gasteiger partial charge in [0, 0.05) is 18.7 Å². The van der Waals surface area contributed by atoms with E-state index in [2.05, 4.69) is 27.5 Å². The highest BCUT2D eigenvalue weighted by atomic mass is 16.4. The Morgan fingerprint density at radius 1 is 1.32 bits per heavy atom. The van der Waals surface area contributed by atoms with Crippen molar-refractivity contribution in [1.82, 2.24) is 9.97 Å². The van der Waals surface area contributed by atoms with Gasteiger partial charge in [-0.25, -0.2) is 9.97 Å². The van der Waals surface area contributed by atoms with E-state index in [1.165, 1.54) is 6.33 Å². The number of aromatic nitrogens is 2. The van der Waals surface area contributed by atoms with Gasteiger partial charge in [-0.1, -0.05) is 6.92 Å². The molecule has 0 saturated carbocycles. The number of hydrogen-bond donors (Lipinski definition) is 3. The topological polar surface area (TPSA) is 89.0 Å². The molecule has 1 atom stereocenters. The normalized spacial score (nSPS) is 12.2. The van der Waals surface area contributed by atoms with Crippen LogP contribution in [0.25, 0.3) is 0 Å². The maximum absolute atomic E-state index is 5.57. The van der Waals surface area contributed by atoms with Crippen LogP contribution in [0.4, 0.5) is 17.5 Å². The molecule has 0 radical (unpaired) electrons. The van der Waals surface area contributed by atoms with Gasteiger partial charge in [-0.3, -0.25) is 0 Å². The molecular weight excluding hydrogens is 242 g/mol. The Morgan fingerprint density at radius 2 is 2.11 bits per heavy atom. The number of nitrogens with zero attached hydrogens (tertiary/aromatic N) is 2. The molecule has 1 unspecified atom stereocenters. The first kappa shape index (κ1) is 13.4. The first-order valence-corrected chi connectivity index (χ1v) is 6.27. The summed E-state index contributed by atoms with van der Waals surface area (Å²) in [6.07, 6.45) is 1.51. The van der Waals surface area contributed by atoms with Crippen LogP contribution < -0.4 is 16.4 Å². The zero-order chi connectivity index (χ0) is 13.7. The molecule has 0 aliphatic rings. The lowest BCUT2D eigenvalue weighted by atomic mass is 10.2. The molecule has 2 aromatic heterocycles. The van der Waals surface area contributed by atoms with Crippen LogP contribution in [0.15, 0.2) is 28.9 Å². The van der Waals surface area contributed by atoms with Crippen LogP contribution >= 0.6 is 0 Å². The van der Waals surface area contributed by atoms with Crippen molar-refractivity contribution in [2.24, 2.45) is 11.7 Å². The average Bonchev–Trinajstić information content (AvgIpc) is 2.82. The minimum Gasteiger partial charge on any atom is -0.446 e. The molecule has 6 nitrogen and oxygen atoms in total. The highest BCUT2D eigenvalue weighted by molar-refractivity contribution is 5.54. The van der Waals surface area contributed by atoms with Crippen molar-refractivity contribution in [2.45, 2.75) is 13.8 Å². The molecule has 0 saturated heterocycles. The largest absolute Gasteiger partial charge is 0.446 e. The Labute approximate surface area is 112 Å². The fourth-order valence-corrected chi connectivity index (χ4v) is 1.51. The van der Waals surface area contributed by atoms with E-state index >= 15 is 0 Å². The summed E-state index contributed by atoms with van der Waals surface area (Å²) in [4.78, 5) is 8.30. The summed E-state index contributed by atoms with van der Waals surface area (Å²) < 4.78 is 5.43. The molecule has 2 aromatic rings. The monoisotopic (exact) mass is 261 g/mol. The van der Waals surface area contributed by atoms with Crippen molar-refractivity contribution in [3.8, 4) is 0 Å². The van der Waals surface area contributed by atoms with Crippen molar-refractivity contribution in [3.63, 3.8) is 0 Å². The minimum atomic E-state index is 0.402. The average molecular weight is 261 g/mol. The molecule has 2 heterocycles. The molecule has 0 bridgehead atoms. The Hall–Kier alpha value is -2.08. The van der Waals surface area contributed by atoms with Crippen LogP contribution in [0.5, 0.6) is 0 Å². The van der Waals surface area contributed by atoms with Crippen LogP contribution in [0.2, 0.25) is 0 Å². The lowest BCUT2D eigenvalue weighted by molar-refractivity contribution is 0.551. The van der Waals surface area contributed by atoms with E-state index in [9.17, 15) is 0 Å². The van der Waals surface area contributed by atoms with E-state index in [1.54, 1.807) is 0 Å². The smallest absolute Gasteiger partial charge is 0.198 e. The molecule has 0 amide bonds. The van der Waals surface area contributed by atoms with E-state index in [4.69, 9.17) is 10.2 Å². The molecule has 6 heteroatoms. The third-order valence-corrected chi connectivity index (χ3v) is 2.69. The van der Waals surface area contributed by atoms with Crippen LogP contribution in [-0.4, -0.2) is 23.1 Å². The van der Waals surface area contributed by atoms with Gasteiger partial charge in [-0.05, 0) is 25.5 Å². The number of nitrogens with two attached hydrogens (primary N) is 1. The van der Waals surface area contributed by atoms with Gasteiger partial charge in [0.25, 0.3) is 0 Å². The van der Waals surface area contributed by atoms with E-state index in [0.717, 1.165) is 18.1 Å². The van der Waals surface area contributed by atoms with Gasteiger partial charge >= 0.3 is 0 Å². The van der Waals surface area contributed by atoms with Crippen LogP contribution in [0.3, 0.4) is 0 Å². The summed E-state index contributed by atoms with van der Waals surface area (Å²) in [5.41, 5.74) is 5.57. The van der Waals surface area contributed by atoms with Gasteiger partial charge in [0.1, 0.15) is 23.7 Å². The number of anilines is 3. The lowest BCUT2D eigenvalue weighted by Gasteiger charge is -2.11. The lowest BCUT2D eigenvalue weighted by Crippen LogP contribution is -2.20. The van der Waals surface area contributed by atoms with Crippen molar-refractivity contribution in [3.05, 3.63) is 30.3 Å². The Balaban J connectivity index is 1.98. The van der Waals surface area contributed by atoms with Gasteiger partial charge in [0.2, 0.25) is 0 Å². The molecule has 19 heavy (non-hydrogen) atoms. The molecular formula is C13H19N5O. The predicted molar refractivity (Wildman–Crippen MR) is 75.5 cm³/mol. The fraction of sp³-hybridized carbons (Fsp3) is 0.385. The quantitative estimate of drug-likeness (QED) is 0.738. The summed E-state index contributed by atoms with van der Waals surface area (Å²) >= 11 is 0. The highest BCUT2D eigenvalue weighted by Crippen LogP contribution is 2.18. The summed E-state index contributed by atoms with van der Waals surface area (Å²) in [7, 11) is 0. The van der Waals surface area contributed by atoms with Crippen molar-refractivity contribution in [1.29, 1.82) is 0 Å². The first-order chi connectivity index (χ1) is 9.17. The summed E-state index contributed by atoms with van der Waals surface area (Å²) in [5, 5.41) is 6.31. The number of furan rings is 1. The molecule has 102 valence electrons. The molecule has 2 rings (SSSR count). The zero-order valence-corrected chi connectivity index (χ0v) is 11.2. The van der Waals surface area contributed by atoms with Gasteiger partial charge < -0.3 is 20.8 Å². The second kappa shape index (κ2) is 6.19. The van der Waals surface area contributed by atoms with Gasteiger partial charge in [-0.2, -0.15) is 0 Å². The molecule has 0 aromatic carbocycles. The van der Waals surface area contributed by atoms with Crippen molar-refractivity contribution in [2.75, 3.05) is 23.7 Å². The minimum absolute atomic E-state index is 0.402. The maximum atomic E-state index is 5.57. The predicted octanol–water partition coefficient (Wildman–Crippen LogP) is 2.13. The standard InChI is InChI=1S/C13H19N5O/c1-9(6-14)7-15-11-5-12(17-8-16-11)18-13-4-3-10(2)19-13/h3-5,8-9H,6-7,14H2,1-2H3,(H2,15,16,17,18). The molecule has 0 aliphatic carbocycles. The van der Waals surface area contributed by atoms with Crippen LogP contribution in [0.1, 0.15) is 12.7 Å². The van der Waals surface area contributed by atoms with E-state index in [0.29, 0.717) is 24.2 Å². The summed E-state index contributed by atoms with van der Waals surface area (Å²) in [6.45, 7) is 5.41. The van der Waals surface area contributed by atoms with Gasteiger partial charge in [0.15, 0.2) is 5.88 Å². The van der Waals surface area contributed by atoms with E-state index in [1.807, 2.05) is 25.1 Å². The second-order valence-corrected chi connectivity index (χ2v) is 4.55. The van der Waals surface area contributed by atoms with Crippen molar-refractivity contribution < 1.29 is 4.42 Å². The zero-order valence-electron chi connectivity index (χ0n) is 11.2. The third-order valence-electron chi connectivity index (χ3n) is 2.69. The number of rotatable bonds is 6. The summed E-state index contributed by atoms with van der Waals surface area (Å²) in [6, 6.07) is 5.59. The SMILES string of the molecule is Cc1ccc(Nc2cc(NCC(C)CN)ncn2)o1. The molecule has 0 aliphatic heterocycles. The number of nitrogens with one attached hydrogen (secondary N) is 2. The van der Waals surface area contributed by atoms with E-state index < -0.39 is 0 Å².